The molecule has 154 valence electrons. The lowest BCUT2D eigenvalue weighted by Crippen LogP contribution is -2.15. The van der Waals surface area contributed by atoms with E-state index in [1.165, 1.54) is 0 Å². The van der Waals surface area contributed by atoms with Crippen molar-refractivity contribution in [2.24, 2.45) is 13.0 Å². The normalized spacial score (nSPS) is 14.3. The molecule has 6 nitrogen and oxygen atoms in total. The van der Waals surface area contributed by atoms with Crippen LogP contribution in [-0.4, -0.2) is 23.4 Å². The van der Waals surface area contributed by atoms with E-state index in [2.05, 4.69) is 0 Å². The SMILES string of the molecule is COc1ccc2c(c1)c(/C=C1\Oc3c(ccc(OC(=O)C(C)C)c3C)C1=O)cn2C. The van der Waals surface area contributed by atoms with Gasteiger partial charge in [0.1, 0.15) is 17.2 Å². The highest BCUT2D eigenvalue weighted by atomic mass is 16.5. The number of rotatable bonds is 4. The topological polar surface area (TPSA) is 66.8 Å². The fraction of sp³-hybridized carbons (Fsp3) is 0.250. The van der Waals surface area contributed by atoms with Crippen LogP contribution in [0.15, 0.2) is 42.3 Å². The van der Waals surface area contributed by atoms with E-state index >= 15 is 0 Å². The molecule has 1 aromatic heterocycles. The number of ether oxygens (including phenoxy) is 3. The van der Waals surface area contributed by atoms with E-state index in [4.69, 9.17) is 14.2 Å². The van der Waals surface area contributed by atoms with Gasteiger partial charge in [-0.3, -0.25) is 9.59 Å². The average Bonchev–Trinajstić information content (AvgIpc) is 3.21. The fourth-order valence-corrected chi connectivity index (χ4v) is 3.49. The van der Waals surface area contributed by atoms with Gasteiger partial charge < -0.3 is 18.8 Å². The molecule has 0 fully saturated rings. The summed E-state index contributed by atoms with van der Waals surface area (Å²) in [6.07, 6.45) is 3.68. The summed E-state index contributed by atoms with van der Waals surface area (Å²) in [4.78, 5) is 24.9. The predicted molar refractivity (Wildman–Crippen MR) is 114 cm³/mol. The van der Waals surface area contributed by atoms with Crippen molar-refractivity contribution in [1.29, 1.82) is 0 Å². The van der Waals surface area contributed by atoms with E-state index in [1.54, 1.807) is 46.1 Å². The summed E-state index contributed by atoms with van der Waals surface area (Å²) in [6.45, 7) is 5.32. The minimum Gasteiger partial charge on any atom is -0.497 e. The number of aromatic nitrogens is 1. The number of allylic oxidation sites excluding steroid dienone is 1. The lowest BCUT2D eigenvalue weighted by molar-refractivity contribution is -0.137. The Labute approximate surface area is 174 Å². The van der Waals surface area contributed by atoms with Gasteiger partial charge >= 0.3 is 5.97 Å². The molecule has 0 saturated heterocycles. The highest BCUT2D eigenvalue weighted by molar-refractivity contribution is 6.15. The third kappa shape index (κ3) is 3.24. The van der Waals surface area contributed by atoms with Crippen molar-refractivity contribution in [3.8, 4) is 17.2 Å². The van der Waals surface area contributed by atoms with Crippen molar-refractivity contribution >= 4 is 28.7 Å². The van der Waals surface area contributed by atoms with Crippen LogP contribution in [0.1, 0.15) is 35.3 Å². The summed E-state index contributed by atoms with van der Waals surface area (Å²) in [5, 5.41) is 0.958. The van der Waals surface area contributed by atoms with Gasteiger partial charge in [0.25, 0.3) is 0 Å². The molecule has 0 amide bonds. The maximum atomic E-state index is 12.9. The van der Waals surface area contributed by atoms with E-state index in [0.717, 1.165) is 22.2 Å². The Bertz CT molecular complexity index is 1220. The number of aryl methyl sites for hydroxylation is 1. The number of methoxy groups -OCH3 is 1. The second kappa shape index (κ2) is 7.37. The largest absolute Gasteiger partial charge is 0.497 e. The fourth-order valence-electron chi connectivity index (χ4n) is 3.49. The first-order valence-corrected chi connectivity index (χ1v) is 9.72. The van der Waals surface area contributed by atoms with Gasteiger partial charge in [-0.25, -0.2) is 0 Å². The van der Waals surface area contributed by atoms with Gasteiger partial charge in [0.15, 0.2) is 5.76 Å². The first-order valence-electron chi connectivity index (χ1n) is 9.72. The molecule has 0 unspecified atom stereocenters. The molecule has 0 radical (unpaired) electrons. The Morgan fingerprint density at radius 3 is 2.67 bits per heavy atom. The zero-order chi connectivity index (χ0) is 21.6. The Morgan fingerprint density at radius 1 is 1.20 bits per heavy atom. The van der Waals surface area contributed by atoms with Crippen LogP contribution in [0, 0.1) is 12.8 Å². The zero-order valence-corrected chi connectivity index (χ0v) is 17.6. The molecule has 0 atom stereocenters. The van der Waals surface area contributed by atoms with E-state index < -0.39 is 0 Å². The first kappa shape index (κ1) is 19.8. The van der Waals surface area contributed by atoms with Gasteiger partial charge in [0, 0.05) is 35.3 Å². The molecule has 4 rings (SSSR count). The summed E-state index contributed by atoms with van der Waals surface area (Å²) in [5.41, 5.74) is 2.95. The van der Waals surface area contributed by atoms with Crippen LogP contribution in [0.5, 0.6) is 17.2 Å². The summed E-state index contributed by atoms with van der Waals surface area (Å²) in [7, 11) is 3.57. The molecule has 0 N–H and O–H groups in total. The number of esters is 1. The predicted octanol–water partition coefficient (Wildman–Crippen LogP) is 4.67. The number of nitrogens with zero attached hydrogens (tertiary/aromatic N) is 1. The molecule has 2 aromatic carbocycles. The molecular weight excluding hydrogens is 382 g/mol. The highest BCUT2D eigenvalue weighted by Gasteiger charge is 2.31. The minimum absolute atomic E-state index is 0.199. The molecule has 30 heavy (non-hydrogen) atoms. The Balaban J connectivity index is 1.73. The number of Topliss-reactive ketones (excluding diaryl/α,β-unsaturated/α-hetero) is 1. The summed E-state index contributed by atoms with van der Waals surface area (Å²) >= 11 is 0. The van der Waals surface area contributed by atoms with Gasteiger partial charge in [-0.2, -0.15) is 0 Å². The monoisotopic (exact) mass is 405 g/mol. The number of hydrogen-bond acceptors (Lipinski definition) is 5. The molecule has 3 aromatic rings. The molecule has 0 aliphatic carbocycles. The van der Waals surface area contributed by atoms with E-state index in [9.17, 15) is 9.59 Å². The molecule has 0 bridgehead atoms. The maximum Gasteiger partial charge on any atom is 0.313 e. The van der Waals surface area contributed by atoms with Crippen LogP contribution >= 0.6 is 0 Å². The summed E-state index contributed by atoms with van der Waals surface area (Å²) < 4.78 is 18.7. The quantitative estimate of drug-likeness (QED) is 0.358. The van der Waals surface area contributed by atoms with Crippen LogP contribution in [0.25, 0.3) is 17.0 Å². The number of hydrogen-bond donors (Lipinski definition) is 0. The summed E-state index contributed by atoms with van der Waals surface area (Å²) in [6, 6.07) is 9.09. The van der Waals surface area contributed by atoms with Crippen molar-refractivity contribution < 1.29 is 23.8 Å². The van der Waals surface area contributed by atoms with Crippen molar-refractivity contribution in [1.82, 2.24) is 4.57 Å². The molecule has 2 heterocycles. The van der Waals surface area contributed by atoms with Crippen molar-refractivity contribution in [2.75, 3.05) is 7.11 Å². The van der Waals surface area contributed by atoms with E-state index in [-0.39, 0.29) is 23.4 Å². The van der Waals surface area contributed by atoms with E-state index in [0.29, 0.717) is 22.6 Å². The lowest BCUT2D eigenvalue weighted by atomic mass is 10.1. The van der Waals surface area contributed by atoms with Crippen molar-refractivity contribution in [3.05, 3.63) is 59.0 Å². The average molecular weight is 405 g/mol. The third-order valence-electron chi connectivity index (χ3n) is 5.23. The molecular formula is C24H23NO5. The molecule has 0 saturated carbocycles. The van der Waals surface area contributed by atoms with Crippen molar-refractivity contribution in [3.63, 3.8) is 0 Å². The van der Waals surface area contributed by atoms with Gasteiger partial charge in [-0.05, 0) is 43.3 Å². The first-order chi connectivity index (χ1) is 14.3. The minimum atomic E-state index is -0.331. The number of carbonyl (C=O) groups is 2. The standard InChI is InChI=1S/C24H23NO5/c1-13(2)24(27)30-20-9-7-17-22(26)21(29-23(17)14(20)3)10-15-12-25(4)19-8-6-16(28-5)11-18(15)19/h6-13H,1-5H3/b21-10-. The van der Waals surface area contributed by atoms with Crippen LogP contribution < -0.4 is 14.2 Å². The number of carbonyl (C=O) groups excluding carboxylic acids is 2. The van der Waals surface area contributed by atoms with Gasteiger partial charge in [0.05, 0.1) is 18.6 Å². The number of benzene rings is 2. The molecule has 1 aliphatic heterocycles. The van der Waals surface area contributed by atoms with Gasteiger partial charge in [0.2, 0.25) is 5.78 Å². The van der Waals surface area contributed by atoms with Crippen molar-refractivity contribution in [2.45, 2.75) is 20.8 Å². The molecule has 6 heteroatoms. The zero-order valence-electron chi connectivity index (χ0n) is 17.6. The van der Waals surface area contributed by atoms with Crippen LogP contribution in [-0.2, 0) is 11.8 Å². The molecule has 0 spiro atoms. The molecule has 1 aliphatic rings. The number of fused-ring (bicyclic) bond motifs is 2. The Morgan fingerprint density at radius 2 is 1.97 bits per heavy atom. The van der Waals surface area contributed by atoms with Gasteiger partial charge in [-0.1, -0.05) is 13.8 Å². The van der Waals surface area contributed by atoms with E-state index in [1.807, 2.05) is 36.0 Å². The lowest BCUT2D eigenvalue weighted by Gasteiger charge is -2.11. The van der Waals surface area contributed by atoms with Crippen LogP contribution in [0.2, 0.25) is 0 Å². The second-order valence-corrected chi connectivity index (χ2v) is 7.66. The number of ketones is 1. The highest BCUT2D eigenvalue weighted by Crippen LogP contribution is 2.40. The third-order valence-corrected chi connectivity index (χ3v) is 5.23. The Hall–Kier alpha value is -3.54. The maximum absolute atomic E-state index is 12.9. The smallest absolute Gasteiger partial charge is 0.313 e. The second-order valence-electron chi connectivity index (χ2n) is 7.66. The summed E-state index contributed by atoms with van der Waals surface area (Å²) in [5.74, 6) is 1.02. The Kier molecular flexibility index (Phi) is 4.86. The van der Waals surface area contributed by atoms with Crippen LogP contribution in [0.3, 0.4) is 0 Å². The van der Waals surface area contributed by atoms with Crippen LogP contribution in [0.4, 0.5) is 0 Å². The van der Waals surface area contributed by atoms with Gasteiger partial charge in [-0.15, -0.1) is 0 Å².